The zero-order valence-corrected chi connectivity index (χ0v) is 23.7. The predicted molar refractivity (Wildman–Crippen MR) is 154 cm³/mol. The van der Waals surface area contributed by atoms with Gasteiger partial charge >= 0.3 is 0 Å². The van der Waals surface area contributed by atoms with Crippen molar-refractivity contribution in [1.82, 2.24) is 19.4 Å². The molecule has 1 fully saturated rings. The van der Waals surface area contributed by atoms with Crippen LogP contribution in [0.3, 0.4) is 0 Å². The second-order valence-electron chi connectivity index (χ2n) is 9.33. The van der Waals surface area contributed by atoms with Crippen LogP contribution in [0.2, 0.25) is 0 Å². The van der Waals surface area contributed by atoms with Crippen molar-refractivity contribution >= 4 is 54.1 Å². The van der Waals surface area contributed by atoms with Crippen molar-refractivity contribution in [3.8, 4) is 0 Å². The minimum atomic E-state index is -3.47. The van der Waals surface area contributed by atoms with Gasteiger partial charge in [0.05, 0.1) is 21.7 Å². The number of halogens is 1. The van der Waals surface area contributed by atoms with E-state index in [-0.39, 0.29) is 22.8 Å². The highest BCUT2D eigenvalue weighted by atomic mass is 79.9. The summed E-state index contributed by atoms with van der Waals surface area (Å²) in [6, 6.07) is 16.6. The average molecular weight is 598 g/mol. The summed E-state index contributed by atoms with van der Waals surface area (Å²) in [5.41, 5.74) is 2.63. The zero-order valence-electron chi connectivity index (χ0n) is 21.3. The largest absolute Gasteiger partial charge is 0.369 e. The summed E-state index contributed by atoms with van der Waals surface area (Å²) in [5, 5.41) is 3.89. The Balaban J connectivity index is 1.46. The molecule has 0 amide bonds. The Morgan fingerprint density at radius 2 is 1.74 bits per heavy atom. The van der Waals surface area contributed by atoms with Crippen molar-refractivity contribution in [3.05, 3.63) is 81.2 Å². The maximum Gasteiger partial charge on any atom is 0.266 e. The highest BCUT2D eigenvalue weighted by molar-refractivity contribution is 9.10. The van der Waals surface area contributed by atoms with Crippen LogP contribution in [0.5, 0.6) is 0 Å². The van der Waals surface area contributed by atoms with Gasteiger partial charge in [-0.05, 0) is 64.9 Å². The van der Waals surface area contributed by atoms with Crippen molar-refractivity contribution in [2.75, 3.05) is 49.2 Å². The van der Waals surface area contributed by atoms with Gasteiger partial charge in [-0.15, -0.1) is 0 Å². The van der Waals surface area contributed by atoms with Crippen LogP contribution in [-0.4, -0.2) is 66.8 Å². The van der Waals surface area contributed by atoms with Gasteiger partial charge in [0.1, 0.15) is 5.65 Å². The van der Waals surface area contributed by atoms with Gasteiger partial charge in [0.2, 0.25) is 5.95 Å². The van der Waals surface area contributed by atoms with E-state index in [4.69, 9.17) is 0 Å². The molecular formula is C27H29BrN6O3S. The number of rotatable bonds is 7. The Morgan fingerprint density at radius 1 is 1.03 bits per heavy atom. The van der Waals surface area contributed by atoms with Crippen LogP contribution in [0.15, 0.2) is 75.0 Å². The lowest BCUT2D eigenvalue weighted by atomic mass is 10.2. The number of anilines is 3. The van der Waals surface area contributed by atoms with Crippen LogP contribution in [-0.2, 0) is 16.4 Å². The third kappa shape index (κ3) is 5.45. The van der Waals surface area contributed by atoms with Crippen LogP contribution in [0, 0.1) is 0 Å². The second-order valence-corrected chi connectivity index (χ2v) is 12.4. The molecule has 2 aromatic carbocycles. The number of hydrogen-bond donors (Lipinski definition) is 1. The van der Waals surface area contributed by atoms with Gasteiger partial charge in [0.25, 0.3) is 5.56 Å². The summed E-state index contributed by atoms with van der Waals surface area (Å²) in [5.74, 6) is 0.317. The fraction of sp³-hybridized carbons (Fsp3) is 0.296. The smallest absolute Gasteiger partial charge is 0.266 e. The number of hydrogen-bond acceptors (Lipinski definition) is 8. The first-order valence-corrected chi connectivity index (χ1v) is 14.9. The molecule has 198 valence electrons. The van der Waals surface area contributed by atoms with E-state index in [1.165, 1.54) is 10.3 Å². The summed E-state index contributed by atoms with van der Waals surface area (Å²) in [6.45, 7) is 5.73. The lowest BCUT2D eigenvalue weighted by molar-refractivity contribution is 0.313. The van der Waals surface area contributed by atoms with E-state index in [1.54, 1.807) is 43.5 Å². The molecule has 0 atom stereocenters. The molecule has 0 saturated carbocycles. The monoisotopic (exact) mass is 596 g/mol. The number of likely N-dealkylation sites (N-methyl/N-ethyl adjacent to an activating group) is 1. The number of piperazine rings is 1. The minimum Gasteiger partial charge on any atom is -0.369 e. The first kappa shape index (κ1) is 26.3. The molecule has 9 nitrogen and oxygen atoms in total. The fourth-order valence-corrected chi connectivity index (χ4v) is 6.13. The minimum absolute atomic E-state index is 0.0258. The molecule has 3 heterocycles. The van der Waals surface area contributed by atoms with Crippen molar-refractivity contribution in [3.63, 3.8) is 0 Å². The third-order valence-electron chi connectivity index (χ3n) is 6.79. The second kappa shape index (κ2) is 10.8. The lowest BCUT2D eigenvalue weighted by Gasteiger charge is -2.34. The molecule has 1 aliphatic heterocycles. The van der Waals surface area contributed by atoms with Gasteiger partial charge in [-0.25, -0.2) is 13.4 Å². The van der Waals surface area contributed by atoms with Gasteiger partial charge < -0.3 is 15.1 Å². The molecule has 0 bridgehead atoms. The van der Waals surface area contributed by atoms with E-state index in [1.807, 2.05) is 12.1 Å². The molecule has 5 rings (SSSR count). The Labute approximate surface area is 230 Å². The van der Waals surface area contributed by atoms with Crippen molar-refractivity contribution < 1.29 is 8.42 Å². The zero-order chi connectivity index (χ0) is 26.9. The van der Waals surface area contributed by atoms with Crippen LogP contribution >= 0.6 is 15.9 Å². The number of fused-ring (bicyclic) bond motifs is 1. The van der Waals surface area contributed by atoms with E-state index >= 15 is 0 Å². The molecule has 2 aromatic heterocycles. The van der Waals surface area contributed by atoms with Gasteiger partial charge in [-0.3, -0.25) is 9.36 Å². The van der Waals surface area contributed by atoms with Crippen LogP contribution in [0.1, 0.15) is 12.5 Å². The highest BCUT2D eigenvalue weighted by Crippen LogP contribution is 2.24. The molecule has 4 aromatic rings. The molecule has 11 heteroatoms. The van der Waals surface area contributed by atoms with Crippen LogP contribution in [0.4, 0.5) is 17.3 Å². The topological polar surface area (TPSA) is 100 Å². The molecule has 0 unspecified atom stereocenters. The number of benzene rings is 2. The maximum absolute atomic E-state index is 13.2. The van der Waals surface area contributed by atoms with Crippen LogP contribution < -0.4 is 15.8 Å². The number of sulfone groups is 1. The third-order valence-corrected chi connectivity index (χ3v) is 9.19. The lowest BCUT2D eigenvalue weighted by Crippen LogP contribution is -2.44. The number of nitrogens with one attached hydrogen (secondary N) is 1. The first-order valence-electron chi connectivity index (χ1n) is 12.4. The van der Waals surface area contributed by atoms with Gasteiger partial charge in [0.15, 0.2) is 9.84 Å². The predicted octanol–water partition coefficient (Wildman–Crippen LogP) is 3.89. The molecule has 0 radical (unpaired) electrons. The Bertz CT molecular complexity index is 1630. The van der Waals surface area contributed by atoms with Gasteiger partial charge in [-0.2, -0.15) is 4.98 Å². The molecule has 0 aliphatic carbocycles. The number of nitrogens with zero attached hydrogens (tertiary/aromatic N) is 5. The Kier molecular flexibility index (Phi) is 7.51. The Hall–Kier alpha value is -3.28. The van der Waals surface area contributed by atoms with Crippen molar-refractivity contribution in [2.45, 2.75) is 18.4 Å². The summed E-state index contributed by atoms with van der Waals surface area (Å²) in [4.78, 5) is 27.2. The quantitative estimate of drug-likeness (QED) is 0.343. The molecule has 1 N–H and O–H groups in total. The molecule has 1 saturated heterocycles. The summed E-state index contributed by atoms with van der Waals surface area (Å²) >= 11 is 3.34. The van der Waals surface area contributed by atoms with E-state index in [0.717, 1.165) is 31.9 Å². The molecular weight excluding hydrogens is 568 g/mol. The fourth-order valence-electron chi connectivity index (χ4n) is 4.54. The summed E-state index contributed by atoms with van der Waals surface area (Å²) in [7, 11) is -1.33. The van der Waals surface area contributed by atoms with Gasteiger partial charge in [0, 0.05) is 49.1 Å². The summed E-state index contributed by atoms with van der Waals surface area (Å²) in [6.07, 6.45) is 1.65. The number of pyridine rings is 1. The highest BCUT2D eigenvalue weighted by Gasteiger charge is 2.19. The summed E-state index contributed by atoms with van der Waals surface area (Å²) < 4.78 is 27.2. The van der Waals surface area contributed by atoms with E-state index in [9.17, 15) is 13.2 Å². The van der Waals surface area contributed by atoms with E-state index in [0.29, 0.717) is 27.0 Å². The Morgan fingerprint density at radius 3 is 2.45 bits per heavy atom. The van der Waals surface area contributed by atoms with Gasteiger partial charge in [-0.1, -0.05) is 25.1 Å². The van der Waals surface area contributed by atoms with Crippen molar-refractivity contribution in [2.24, 2.45) is 0 Å². The normalized spacial score (nSPS) is 14.7. The average Bonchev–Trinajstić information content (AvgIpc) is 2.93. The molecule has 0 spiro atoms. The first-order chi connectivity index (χ1) is 18.2. The molecule has 1 aliphatic rings. The van der Waals surface area contributed by atoms with Crippen molar-refractivity contribution in [1.29, 1.82) is 0 Å². The maximum atomic E-state index is 13.2. The number of aromatic nitrogens is 3. The standard InChI is InChI=1S/C27H29BrN6O3S/c1-3-38(36,37)24-7-5-4-6-19(24)18-34-25-20(16-23(28)26(34)35)17-29-27(31-25)30-21-8-10-22(11-9-21)33-14-12-32(2)13-15-33/h4-11,16-17H,3,12-15,18H2,1-2H3,(H,29,30,31). The SMILES string of the molecule is CCS(=O)(=O)c1ccccc1Cn1c(=O)c(Br)cc2cnc(Nc3ccc(N4CCN(C)CC4)cc3)nc21. The van der Waals surface area contributed by atoms with E-state index in [2.05, 4.69) is 60.2 Å². The molecule has 38 heavy (non-hydrogen) atoms. The van der Waals surface area contributed by atoms with E-state index < -0.39 is 9.84 Å². The van der Waals surface area contributed by atoms with Crippen LogP contribution in [0.25, 0.3) is 11.0 Å².